The maximum atomic E-state index is 13.8. The molecule has 1 unspecified atom stereocenters. The standard InChI is InChI=1S/C15H14F3NO/c1-19-14(12-7-2-3-8-13(12)16)10-5-4-6-11(9-10)20-15(17)18/h2-9,14-15,19H,1H3. The lowest BCUT2D eigenvalue weighted by Gasteiger charge is -2.18. The average molecular weight is 281 g/mol. The fourth-order valence-corrected chi connectivity index (χ4v) is 2.08. The summed E-state index contributed by atoms with van der Waals surface area (Å²) in [6, 6.07) is 12.1. The molecular weight excluding hydrogens is 267 g/mol. The molecule has 20 heavy (non-hydrogen) atoms. The quantitative estimate of drug-likeness (QED) is 0.901. The van der Waals surface area contributed by atoms with Crippen molar-refractivity contribution in [3.8, 4) is 5.75 Å². The molecule has 0 aliphatic carbocycles. The van der Waals surface area contributed by atoms with E-state index in [0.29, 0.717) is 11.1 Å². The highest BCUT2D eigenvalue weighted by molar-refractivity contribution is 5.37. The molecule has 0 aliphatic rings. The van der Waals surface area contributed by atoms with Crippen LogP contribution in [0.2, 0.25) is 0 Å². The van der Waals surface area contributed by atoms with Gasteiger partial charge in [-0.1, -0.05) is 30.3 Å². The molecule has 5 heteroatoms. The van der Waals surface area contributed by atoms with E-state index >= 15 is 0 Å². The van der Waals surface area contributed by atoms with Crippen molar-refractivity contribution < 1.29 is 17.9 Å². The van der Waals surface area contributed by atoms with E-state index in [9.17, 15) is 13.2 Å². The Morgan fingerprint density at radius 3 is 2.45 bits per heavy atom. The molecule has 1 atom stereocenters. The van der Waals surface area contributed by atoms with E-state index in [2.05, 4.69) is 10.1 Å². The van der Waals surface area contributed by atoms with E-state index in [1.54, 1.807) is 37.4 Å². The van der Waals surface area contributed by atoms with Gasteiger partial charge < -0.3 is 10.1 Å². The van der Waals surface area contributed by atoms with Gasteiger partial charge in [0.15, 0.2) is 0 Å². The van der Waals surface area contributed by atoms with Crippen LogP contribution in [0.15, 0.2) is 48.5 Å². The van der Waals surface area contributed by atoms with Crippen molar-refractivity contribution in [1.29, 1.82) is 0 Å². The molecular formula is C15H14F3NO. The molecule has 2 aromatic carbocycles. The predicted octanol–water partition coefficient (Wildman–Crippen LogP) is 3.74. The Kier molecular flexibility index (Phi) is 4.63. The van der Waals surface area contributed by atoms with E-state index in [1.165, 1.54) is 18.2 Å². The van der Waals surface area contributed by atoms with Gasteiger partial charge in [-0.3, -0.25) is 0 Å². The molecule has 0 amide bonds. The topological polar surface area (TPSA) is 21.3 Å². The SMILES string of the molecule is CNC(c1cccc(OC(F)F)c1)c1ccccc1F. The summed E-state index contributed by atoms with van der Waals surface area (Å²) >= 11 is 0. The van der Waals surface area contributed by atoms with Crippen molar-refractivity contribution in [3.63, 3.8) is 0 Å². The van der Waals surface area contributed by atoms with E-state index < -0.39 is 12.7 Å². The van der Waals surface area contributed by atoms with E-state index in [-0.39, 0.29) is 11.6 Å². The van der Waals surface area contributed by atoms with E-state index in [1.807, 2.05) is 0 Å². The summed E-state index contributed by atoms with van der Waals surface area (Å²) in [5, 5.41) is 2.97. The summed E-state index contributed by atoms with van der Waals surface area (Å²) in [4.78, 5) is 0. The lowest BCUT2D eigenvalue weighted by Crippen LogP contribution is -2.19. The van der Waals surface area contributed by atoms with Gasteiger partial charge in [0.1, 0.15) is 11.6 Å². The third kappa shape index (κ3) is 3.30. The predicted molar refractivity (Wildman–Crippen MR) is 70.4 cm³/mol. The molecule has 2 aromatic rings. The fourth-order valence-electron chi connectivity index (χ4n) is 2.08. The molecule has 0 radical (unpaired) electrons. The van der Waals surface area contributed by atoms with Gasteiger partial charge in [-0.2, -0.15) is 8.78 Å². The first kappa shape index (κ1) is 14.4. The van der Waals surface area contributed by atoms with Crippen molar-refractivity contribution >= 4 is 0 Å². The summed E-state index contributed by atoms with van der Waals surface area (Å²) in [6.07, 6.45) is 0. The smallest absolute Gasteiger partial charge is 0.387 e. The first-order valence-electron chi connectivity index (χ1n) is 6.08. The van der Waals surface area contributed by atoms with Gasteiger partial charge in [0.25, 0.3) is 0 Å². The van der Waals surface area contributed by atoms with Crippen molar-refractivity contribution in [2.45, 2.75) is 12.7 Å². The second kappa shape index (κ2) is 6.43. The molecule has 0 heterocycles. The molecule has 0 aromatic heterocycles. The van der Waals surface area contributed by atoms with Gasteiger partial charge in [0, 0.05) is 5.56 Å². The van der Waals surface area contributed by atoms with Crippen LogP contribution in [0.25, 0.3) is 0 Å². The summed E-state index contributed by atoms with van der Waals surface area (Å²) < 4.78 is 42.6. The molecule has 1 N–H and O–H groups in total. The average Bonchev–Trinajstić information content (AvgIpc) is 2.41. The first-order valence-corrected chi connectivity index (χ1v) is 6.08. The van der Waals surface area contributed by atoms with Crippen LogP contribution >= 0.6 is 0 Å². The molecule has 0 saturated heterocycles. The van der Waals surface area contributed by atoms with Gasteiger partial charge in [0.05, 0.1) is 6.04 Å². The van der Waals surface area contributed by atoms with Crippen LogP contribution in [-0.4, -0.2) is 13.7 Å². The Bertz CT molecular complexity index is 575. The zero-order chi connectivity index (χ0) is 14.5. The zero-order valence-corrected chi connectivity index (χ0v) is 10.8. The summed E-state index contributed by atoms with van der Waals surface area (Å²) in [5.41, 5.74) is 1.10. The van der Waals surface area contributed by atoms with Gasteiger partial charge in [-0.15, -0.1) is 0 Å². The number of rotatable bonds is 5. The van der Waals surface area contributed by atoms with Gasteiger partial charge in [0.2, 0.25) is 0 Å². The van der Waals surface area contributed by atoms with Crippen LogP contribution in [0, 0.1) is 5.82 Å². The van der Waals surface area contributed by atoms with Gasteiger partial charge >= 0.3 is 6.61 Å². The minimum absolute atomic E-state index is 0.0501. The van der Waals surface area contributed by atoms with E-state index in [0.717, 1.165) is 0 Å². The normalized spacial score (nSPS) is 12.4. The number of halogens is 3. The monoisotopic (exact) mass is 281 g/mol. The number of alkyl halides is 2. The van der Waals surface area contributed by atoms with Crippen LogP contribution < -0.4 is 10.1 Å². The highest BCUT2D eigenvalue weighted by Gasteiger charge is 2.16. The fraction of sp³-hybridized carbons (Fsp3) is 0.200. The maximum absolute atomic E-state index is 13.8. The second-order valence-electron chi connectivity index (χ2n) is 4.19. The molecule has 2 nitrogen and oxygen atoms in total. The van der Waals surface area contributed by atoms with Gasteiger partial charge in [-0.05, 0) is 30.8 Å². The lowest BCUT2D eigenvalue weighted by molar-refractivity contribution is -0.0498. The summed E-state index contributed by atoms with van der Waals surface area (Å²) in [6.45, 7) is -2.88. The second-order valence-corrected chi connectivity index (χ2v) is 4.19. The number of nitrogens with one attached hydrogen (secondary N) is 1. The van der Waals surface area contributed by atoms with Crippen molar-refractivity contribution in [2.75, 3.05) is 7.05 Å². The van der Waals surface area contributed by atoms with Crippen LogP contribution in [-0.2, 0) is 0 Å². The van der Waals surface area contributed by atoms with Gasteiger partial charge in [-0.25, -0.2) is 4.39 Å². The molecule has 0 saturated carbocycles. The molecule has 0 fully saturated rings. The van der Waals surface area contributed by atoms with Crippen LogP contribution in [0.4, 0.5) is 13.2 Å². The first-order chi connectivity index (χ1) is 9.61. The Morgan fingerprint density at radius 2 is 1.80 bits per heavy atom. The van der Waals surface area contributed by atoms with Crippen molar-refractivity contribution in [3.05, 3.63) is 65.5 Å². The van der Waals surface area contributed by atoms with Crippen molar-refractivity contribution in [1.82, 2.24) is 5.32 Å². The number of hydrogen-bond donors (Lipinski definition) is 1. The maximum Gasteiger partial charge on any atom is 0.387 e. The highest BCUT2D eigenvalue weighted by atomic mass is 19.3. The summed E-state index contributed by atoms with van der Waals surface area (Å²) in [5.74, 6) is -0.305. The zero-order valence-electron chi connectivity index (χ0n) is 10.8. The Balaban J connectivity index is 2.35. The molecule has 2 rings (SSSR count). The Labute approximate surface area is 115 Å². The highest BCUT2D eigenvalue weighted by Crippen LogP contribution is 2.27. The van der Waals surface area contributed by atoms with Crippen LogP contribution in [0.3, 0.4) is 0 Å². The summed E-state index contributed by atoms with van der Waals surface area (Å²) in [7, 11) is 1.68. The molecule has 0 spiro atoms. The third-order valence-corrected chi connectivity index (χ3v) is 2.92. The lowest BCUT2D eigenvalue weighted by atomic mass is 9.98. The number of hydrogen-bond acceptors (Lipinski definition) is 2. The molecule has 0 bridgehead atoms. The van der Waals surface area contributed by atoms with E-state index in [4.69, 9.17) is 0 Å². The number of benzene rings is 2. The molecule has 106 valence electrons. The Hall–Kier alpha value is -2.01. The minimum atomic E-state index is -2.88. The number of ether oxygens (including phenoxy) is 1. The Morgan fingerprint density at radius 1 is 1.05 bits per heavy atom. The van der Waals surface area contributed by atoms with Crippen molar-refractivity contribution in [2.24, 2.45) is 0 Å². The minimum Gasteiger partial charge on any atom is -0.435 e. The molecule has 0 aliphatic heterocycles. The van der Waals surface area contributed by atoms with Crippen LogP contribution in [0.5, 0.6) is 5.75 Å². The van der Waals surface area contributed by atoms with Crippen LogP contribution in [0.1, 0.15) is 17.2 Å². The third-order valence-electron chi connectivity index (χ3n) is 2.92. The largest absolute Gasteiger partial charge is 0.435 e.